The van der Waals surface area contributed by atoms with E-state index < -0.39 is 0 Å². The molecule has 1 aliphatic carbocycles. The zero-order chi connectivity index (χ0) is 14.7. The summed E-state index contributed by atoms with van der Waals surface area (Å²) in [6, 6.07) is 7.36. The van der Waals surface area contributed by atoms with E-state index in [4.69, 9.17) is 4.74 Å². The Hall–Kier alpha value is -1.02. The van der Waals surface area contributed by atoms with Crippen molar-refractivity contribution in [3.8, 4) is 5.75 Å². The van der Waals surface area contributed by atoms with Crippen LogP contribution in [-0.4, -0.2) is 13.2 Å². The Morgan fingerprint density at radius 1 is 1.24 bits per heavy atom. The van der Waals surface area contributed by atoms with Gasteiger partial charge in [-0.25, -0.2) is 0 Å². The van der Waals surface area contributed by atoms with Crippen LogP contribution in [0.15, 0.2) is 18.2 Å². The van der Waals surface area contributed by atoms with Crippen LogP contribution in [0.25, 0.3) is 0 Å². The summed E-state index contributed by atoms with van der Waals surface area (Å²) in [5.74, 6) is 1.10. The molecule has 1 N–H and O–H groups in total. The lowest BCUT2D eigenvalue weighted by atomic mass is 9.68. The van der Waals surface area contributed by atoms with Gasteiger partial charge in [0.15, 0.2) is 0 Å². The largest absolute Gasteiger partial charge is 0.493 e. The normalized spacial score (nSPS) is 21.6. The van der Waals surface area contributed by atoms with Crippen molar-refractivity contribution in [1.29, 1.82) is 0 Å². The Morgan fingerprint density at radius 3 is 2.81 bits per heavy atom. The molecule has 1 fully saturated rings. The molecule has 1 aliphatic heterocycles. The highest BCUT2D eigenvalue weighted by atomic mass is 16.5. The highest BCUT2D eigenvalue weighted by Gasteiger charge is 2.36. The molecule has 1 aromatic rings. The molecule has 0 aromatic heterocycles. The van der Waals surface area contributed by atoms with Crippen LogP contribution in [0, 0.1) is 5.41 Å². The Labute approximate surface area is 129 Å². The lowest BCUT2D eigenvalue weighted by Gasteiger charge is -2.42. The van der Waals surface area contributed by atoms with E-state index in [0.29, 0.717) is 11.5 Å². The summed E-state index contributed by atoms with van der Waals surface area (Å²) < 4.78 is 5.66. The first-order valence-electron chi connectivity index (χ1n) is 8.72. The Balaban J connectivity index is 1.87. The van der Waals surface area contributed by atoms with Gasteiger partial charge in [-0.1, -0.05) is 45.2 Å². The predicted molar refractivity (Wildman–Crippen MR) is 87.9 cm³/mol. The van der Waals surface area contributed by atoms with Crippen LogP contribution in [0.2, 0.25) is 0 Å². The van der Waals surface area contributed by atoms with Gasteiger partial charge in [-0.3, -0.25) is 0 Å². The van der Waals surface area contributed by atoms with Crippen LogP contribution in [0.3, 0.4) is 0 Å². The van der Waals surface area contributed by atoms with Crippen molar-refractivity contribution in [3.63, 3.8) is 0 Å². The summed E-state index contributed by atoms with van der Waals surface area (Å²) in [5, 5.41) is 3.85. The number of ether oxygens (including phenoxy) is 1. The third-order valence-electron chi connectivity index (χ3n) is 5.34. The first-order chi connectivity index (χ1) is 10.2. The predicted octanol–water partition coefficient (Wildman–Crippen LogP) is 4.63. The molecule has 1 heterocycles. The van der Waals surface area contributed by atoms with Gasteiger partial charge in [0.25, 0.3) is 0 Å². The van der Waals surface area contributed by atoms with Crippen molar-refractivity contribution >= 4 is 0 Å². The van der Waals surface area contributed by atoms with Gasteiger partial charge in [0, 0.05) is 12.5 Å². The fourth-order valence-corrected chi connectivity index (χ4v) is 4.09. The minimum atomic E-state index is 0.404. The monoisotopic (exact) mass is 287 g/mol. The summed E-state index contributed by atoms with van der Waals surface area (Å²) in [7, 11) is 0. The number of benzene rings is 1. The first-order valence-corrected chi connectivity index (χ1v) is 8.72. The molecule has 2 nitrogen and oxygen atoms in total. The van der Waals surface area contributed by atoms with E-state index >= 15 is 0 Å². The SMILES string of the molecule is CCCNC(c1ccc2c(c1)CCO2)C1(C)CCCCC1. The lowest BCUT2D eigenvalue weighted by Crippen LogP contribution is -2.38. The molecule has 0 bridgehead atoms. The maximum atomic E-state index is 5.66. The third kappa shape index (κ3) is 3.11. The number of hydrogen-bond acceptors (Lipinski definition) is 2. The fourth-order valence-electron chi connectivity index (χ4n) is 4.09. The quantitative estimate of drug-likeness (QED) is 0.852. The molecule has 3 rings (SSSR count). The molecule has 0 amide bonds. The molecular weight excluding hydrogens is 258 g/mol. The van der Waals surface area contributed by atoms with Crippen molar-refractivity contribution in [2.45, 2.75) is 64.8 Å². The molecule has 116 valence electrons. The molecule has 0 saturated heterocycles. The summed E-state index contributed by atoms with van der Waals surface area (Å²) >= 11 is 0. The molecule has 2 aliphatic rings. The van der Waals surface area contributed by atoms with Gasteiger partial charge in [0.05, 0.1) is 6.61 Å². The van der Waals surface area contributed by atoms with E-state index in [-0.39, 0.29) is 0 Å². The van der Waals surface area contributed by atoms with Crippen molar-refractivity contribution in [1.82, 2.24) is 5.32 Å². The van der Waals surface area contributed by atoms with E-state index in [0.717, 1.165) is 25.3 Å². The van der Waals surface area contributed by atoms with E-state index in [9.17, 15) is 0 Å². The van der Waals surface area contributed by atoms with Crippen molar-refractivity contribution in [2.24, 2.45) is 5.41 Å². The lowest BCUT2D eigenvalue weighted by molar-refractivity contribution is 0.144. The molecular formula is C19H29NO. The number of rotatable bonds is 5. The average Bonchev–Trinajstić information content (AvgIpc) is 2.96. The molecule has 0 spiro atoms. The fraction of sp³-hybridized carbons (Fsp3) is 0.684. The van der Waals surface area contributed by atoms with Gasteiger partial charge in [0.1, 0.15) is 5.75 Å². The number of fused-ring (bicyclic) bond motifs is 1. The second kappa shape index (κ2) is 6.39. The van der Waals surface area contributed by atoms with Crippen LogP contribution < -0.4 is 10.1 Å². The summed E-state index contributed by atoms with van der Waals surface area (Å²) in [4.78, 5) is 0. The van der Waals surface area contributed by atoms with Gasteiger partial charge in [-0.2, -0.15) is 0 Å². The van der Waals surface area contributed by atoms with Crippen LogP contribution >= 0.6 is 0 Å². The Kier molecular flexibility index (Phi) is 4.54. The van der Waals surface area contributed by atoms with Gasteiger partial charge in [-0.15, -0.1) is 0 Å². The Morgan fingerprint density at radius 2 is 2.05 bits per heavy atom. The van der Waals surface area contributed by atoms with Crippen molar-refractivity contribution in [2.75, 3.05) is 13.2 Å². The minimum Gasteiger partial charge on any atom is -0.493 e. The second-order valence-electron chi connectivity index (χ2n) is 7.07. The highest BCUT2D eigenvalue weighted by Crippen LogP contribution is 2.46. The first kappa shape index (κ1) is 14.9. The summed E-state index contributed by atoms with van der Waals surface area (Å²) in [5.41, 5.74) is 3.27. The smallest absolute Gasteiger partial charge is 0.122 e. The summed E-state index contributed by atoms with van der Waals surface area (Å²) in [6.07, 6.45) is 9.14. The zero-order valence-corrected chi connectivity index (χ0v) is 13.6. The molecule has 0 radical (unpaired) electrons. The van der Waals surface area contributed by atoms with Gasteiger partial charge >= 0.3 is 0 Å². The third-order valence-corrected chi connectivity index (χ3v) is 5.34. The number of hydrogen-bond donors (Lipinski definition) is 1. The van der Waals surface area contributed by atoms with Crippen LogP contribution in [0.1, 0.15) is 69.5 Å². The highest BCUT2D eigenvalue weighted by molar-refractivity contribution is 5.41. The summed E-state index contributed by atoms with van der Waals surface area (Å²) in [6.45, 7) is 6.70. The molecule has 2 heteroatoms. The van der Waals surface area contributed by atoms with Crippen LogP contribution in [0.4, 0.5) is 0 Å². The van der Waals surface area contributed by atoms with Gasteiger partial charge < -0.3 is 10.1 Å². The molecule has 21 heavy (non-hydrogen) atoms. The Bertz CT molecular complexity index is 476. The van der Waals surface area contributed by atoms with Gasteiger partial charge in [0.2, 0.25) is 0 Å². The standard InChI is InChI=1S/C19H29NO/c1-3-12-20-18(19(2)10-5-4-6-11-19)16-7-8-17-15(14-16)9-13-21-17/h7-8,14,18,20H,3-6,9-13H2,1-2H3. The van der Waals surface area contributed by atoms with Crippen molar-refractivity contribution in [3.05, 3.63) is 29.3 Å². The zero-order valence-electron chi connectivity index (χ0n) is 13.6. The van der Waals surface area contributed by atoms with Crippen molar-refractivity contribution < 1.29 is 4.74 Å². The van der Waals surface area contributed by atoms with E-state index in [1.54, 1.807) is 0 Å². The van der Waals surface area contributed by atoms with E-state index in [2.05, 4.69) is 37.4 Å². The van der Waals surface area contributed by atoms with E-state index in [1.165, 1.54) is 49.7 Å². The molecule has 1 aromatic carbocycles. The molecule has 1 saturated carbocycles. The molecule has 1 unspecified atom stereocenters. The maximum Gasteiger partial charge on any atom is 0.122 e. The average molecular weight is 287 g/mol. The molecule has 1 atom stereocenters. The van der Waals surface area contributed by atoms with Gasteiger partial charge in [-0.05, 0) is 48.4 Å². The topological polar surface area (TPSA) is 21.3 Å². The maximum absolute atomic E-state index is 5.66. The second-order valence-corrected chi connectivity index (χ2v) is 7.07. The van der Waals surface area contributed by atoms with Crippen LogP contribution in [-0.2, 0) is 6.42 Å². The minimum absolute atomic E-state index is 0.404. The van der Waals surface area contributed by atoms with Crippen LogP contribution in [0.5, 0.6) is 5.75 Å². The van der Waals surface area contributed by atoms with E-state index in [1.807, 2.05) is 0 Å². The number of nitrogens with one attached hydrogen (secondary N) is 1.